The zero-order chi connectivity index (χ0) is 18.7. The minimum atomic E-state index is -0.583. The largest absolute Gasteiger partial charge is 0.366 e. The molecule has 5 nitrogen and oxygen atoms in total. The summed E-state index contributed by atoms with van der Waals surface area (Å²) in [6, 6.07) is 15.1. The highest BCUT2D eigenvalue weighted by Gasteiger charge is 2.15. The Balaban J connectivity index is 1.74. The fourth-order valence-electron chi connectivity index (χ4n) is 2.76. The van der Waals surface area contributed by atoms with Gasteiger partial charge in [0, 0.05) is 22.6 Å². The van der Waals surface area contributed by atoms with Crippen molar-refractivity contribution in [2.75, 3.05) is 5.32 Å². The first-order valence-corrected chi connectivity index (χ1v) is 8.85. The number of nitrogens with two attached hydrogens (primary N) is 1. The van der Waals surface area contributed by atoms with Gasteiger partial charge in [0.1, 0.15) is 0 Å². The van der Waals surface area contributed by atoms with Crippen molar-refractivity contribution < 1.29 is 9.59 Å². The number of aromatic nitrogens is 1. The minimum Gasteiger partial charge on any atom is -0.366 e. The molecule has 0 aliphatic heterocycles. The van der Waals surface area contributed by atoms with Crippen LogP contribution >= 0.6 is 15.9 Å². The second-order valence-electron chi connectivity index (χ2n) is 5.99. The Morgan fingerprint density at radius 1 is 1.12 bits per heavy atom. The third kappa shape index (κ3) is 4.03. The number of nitrogens with zero attached hydrogens (tertiary/aromatic N) is 1. The molecule has 3 N–H and O–H groups in total. The van der Waals surface area contributed by atoms with Crippen LogP contribution in [0.5, 0.6) is 0 Å². The summed E-state index contributed by atoms with van der Waals surface area (Å²) >= 11 is 3.34. The number of rotatable bonds is 5. The Morgan fingerprint density at radius 2 is 1.77 bits per heavy atom. The van der Waals surface area contributed by atoms with Crippen molar-refractivity contribution in [2.24, 2.45) is 5.73 Å². The van der Waals surface area contributed by atoms with Gasteiger partial charge in [-0.1, -0.05) is 28.1 Å². The normalized spacial score (nSPS) is 10.5. The van der Waals surface area contributed by atoms with Gasteiger partial charge in [0.15, 0.2) is 0 Å². The van der Waals surface area contributed by atoms with Crippen molar-refractivity contribution in [1.82, 2.24) is 4.57 Å². The van der Waals surface area contributed by atoms with E-state index in [1.807, 2.05) is 66.3 Å². The first kappa shape index (κ1) is 17.9. The number of aryl methyl sites for hydroxylation is 1. The number of carbonyl (C=O) groups is 2. The molecule has 2 amide bonds. The Bertz CT molecular complexity index is 948. The van der Waals surface area contributed by atoms with Crippen LogP contribution in [0, 0.1) is 6.92 Å². The lowest BCUT2D eigenvalue weighted by Gasteiger charge is -2.13. The summed E-state index contributed by atoms with van der Waals surface area (Å²) in [5, 5.41) is 2.81. The number of anilines is 1. The molecule has 3 rings (SSSR count). The second kappa shape index (κ2) is 7.58. The van der Waals surface area contributed by atoms with Gasteiger partial charge in [0.25, 0.3) is 5.91 Å². The molecule has 3 aromatic rings. The van der Waals surface area contributed by atoms with E-state index in [4.69, 9.17) is 5.73 Å². The number of nitrogens with one attached hydrogen (secondary N) is 1. The van der Waals surface area contributed by atoms with Crippen LogP contribution < -0.4 is 11.1 Å². The highest BCUT2D eigenvalue weighted by molar-refractivity contribution is 9.10. The molecule has 0 saturated heterocycles. The van der Waals surface area contributed by atoms with Gasteiger partial charge in [0.2, 0.25) is 5.91 Å². The van der Waals surface area contributed by atoms with Gasteiger partial charge in [-0.25, -0.2) is 0 Å². The number of hydrogen-bond acceptors (Lipinski definition) is 2. The van der Waals surface area contributed by atoms with E-state index in [-0.39, 0.29) is 17.9 Å². The van der Waals surface area contributed by atoms with Crippen molar-refractivity contribution in [3.05, 3.63) is 82.1 Å². The summed E-state index contributed by atoms with van der Waals surface area (Å²) in [6.07, 6.45) is 4.13. The molecule has 1 aromatic heterocycles. The molecular weight excluding hydrogens is 394 g/mol. The number of benzene rings is 2. The van der Waals surface area contributed by atoms with E-state index in [0.717, 1.165) is 21.3 Å². The smallest absolute Gasteiger partial charge is 0.250 e. The minimum absolute atomic E-state index is 0.202. The molecule has 0 aliphatic carbocycles. The standard InChI is InChI=1S/C20H18BrN3O2/c1-13-10-15(21)12-17(20(22)26)19(13)23-18(25)11-14-4-6-16(7-5-14)24-8-2-3-9-24/h2-10,12H,11H2,1H3,(H2,22,26)(H,23,25). The van der Waals surface area contributed by atoms with E-state index in [2.05, 4.69) is 21.2 Å². The van der Waals surface area contributed by atoms with Crippen molar-refractivity contribution in [3.63, 3.8) is 0 Å². The number of amides is 2. The topological polar surface area (TPSA) is 77.1 Å². The molecule has 0 saturated carbocycles. The quantitative estimate of drug-likeness (QED) is 0.668. The second-order valence-corrected chi connectivity index (χ2v) is 6.91. The molecule has 0 atom stereocenters. The Kier molecular flexibility index (Phi) is 5.23. The molecule has 0 bridgehead atoms. The lowest BCUT2D eigenvalue weighted by atomic mass is 10.1. The van der Waals surface area contributed by atoms with Crippen molar-refractivity contribution in [1.29, 1.82) is 0 Å². The molecule has 0 aliphatic rings. The SMILES string of the molecule is Cc1cc(Br)cc(C(N)=O)c1NC(=O)Cc1ccc(-n2cccc2)cc1. The van der Waals surface area contributed by atoms with Crippen LogP contribution in [-0.2, 0) is 11.2 Å². The predicted octanol–water partition coefficient (Wildman–Crippen LogP) is 3.83. The lowest BCUT2D eigenvalue weighted by molar-refractivity contribution is -0.115. The first-order chi connectivity index (χ1) is 12.4. The molecule has 2 aromatic carbocycles. The summed E-state index contributed by atoms with van der Waals surface area (Å²) in [5.74, 6) is -0.785. The Morgan fingerprint density at radius 3 is 2.38 bits per heavy atom. The van der Waals surface area contributed by atoms with Gasteiger partial charge < -0.3 is 15.6 Å². The molecular formula is C20H18BrN3O2. The zero-order valence-corrected chi connectivity index (χ0v) is 15.8. The van der Waals surface area contributed by atoms with Crippen molar-refractivity contribution in [2.45, 2.75) is 13.3 Å². The Hall–Kier alpha value is -2.86. The van der Waals surface area contributed by atoms with Crippen LogP contribution in [0.4, 0.5) is 5.69 Å². The first-order valence-electron chi connectivity index (χ1n) is 8.06. The number of hydrogen-bond donors (Lipinski definition) is 2. The van der Waals surface area contributed by atoms with E-state index in [9.17, 15) is 9.59 Å². The molecule has 26 heavy (non-hydrogen) atoms. The van der Waals surface area contributed by atoms with Gasteiger partial charge >= 0.3 is 0 Å². The lowest BCUT2D eigenvalue weighted by Crippen LogP contribution is -2.20. The maximum absolute atomic E-state index is 12.4. The fraction of sp³-hybridized carbons (Fsp3) is 0.100. The van der Waals surface area contributed by atoms with E-state index in [1.54, 1.807) is 6.07 Å². The third-order valence-electron chi connectivity index (χ3n) is 4.03. The maximum atomic E-state index is 12.4. The summed E-state index contributed by atoms with van der Waals surface area (Å²) in [7, 11) is 0. The monoisotopic (exact) mass is 411 g/mol. The van der Waals surface area contributed by atoms with Crippen LogP contribution in [0.25, 0.3) is 5.69 Å². The molecule has 0 fully saturated rings. The highest BCUT2D eigenvalue weighted by Crippen LogP contribution is 2.26. The van der Waals surface area contributed by atoms with Crippen molar-refractivity contribution >= 4 is 33.4 Å². The van der Waals surface area contributed by atoms with Crippen LogP contribution in [0.2, 0.25) is 0 Å². The average molecular weight is 412 g/mol. The van der Waals surface area contributed by atoms with Crippen molar-refractivity contribution in [3.8, 4) is 5.69 Å². The number of halogens is 1. The summed E-state index contributed by atoms with van der Waals surface area (Å²) in [5.41, 5.74) is 8.85. The van der Waals surface area contributed by atoms with Crippen LogP contribution in [0.15, 0.2) is 65.4 Å². The van der Waals surface area contributed by atoms with Gasteiger partial charge in [0.05, 0.1) is 17.7 Å². The van der Waals surface area contributed by atoms with E-state index >= 15 is 0 Å². The van der Waals surface area contributed by atoms with E-state index in [0.29, 0.717) is 5.69 Å². The average Bonchev–Trinajstić information content (AvgIpc) is 3.12. The number of carbonyl (C=O) groups excluding carboxylic acids is 2. The summed E-state index contributed by atoms with van der Waals surface area (Å²) in [6.45, 7) is 1.82. The predicted molar refractivity (Wildman–Crippen MR) is 105 cm³/mol. The third-order valence-corrected chi connectivity index (χ3v) is 4.49. The molecule has 6 heteroatoms. The molecule has 0 unspecified atom stereocenters. The zero-order valence-electron chi connectivity index (χ0n) is 14.2. The summed E-state index contributed by atoms with van der Waals surface area (Å²) < 4.78 is 2.73. The number of primary amides is 1. The van der Waals surface area contributed by atoms with Crippen LogP contribution in [0.3, 0.4) is 0 Å². The maximum Gasteiger partial charge on any atom is 0.250 e. The molecule has 0 radical (unpaired) electrons. The van der Waals surface area contributed by atoms with Crippen LogP contribution in [0.1, 0.15) is 21.5 Å². The van der Waals surface area contributed by atoms with Gasteiger partial charge in [-0.3, -0.25) is 9.59 Å². The van der Waals surface area contributed by atoms with Gasteiger partial charge in [-0.05, 0) is 54.4 Å². The van der Waals surface area contributed by atoms with Gasteiger partial charge in [-0.2, -0.15) is 0 Å². The molecule has 132 valence electrons. The molecule has 0 spiro atoms. The Labute approximate surface area is 160 Å². The van der Waals surface area contributed by atoms with E-state index < -0.39 is 5.91 Å². The van der Waals surface area contributed by atoms with Gasteiger partial charge in [-0.15, -0.1) is 0 Å². The molecule has 1 heterocycles. The summed E-state index contributed by atoms with van der Waals surface area (Å²) in [4.78, 5) is 24.1. The highest BCUT2D eigenvalue weighted by atomic mass is 79.9. The van der Waals surface area contributed by atoms with E-state index in [1.165, 1.54) is 0 Å². The fourth-order valence-corrected chi connectivity index (χ4v) is 3.34. The van der Waals surface area contributed by atoms with Crippen LogP contribution in [-0.4, -0.2) is 16.4 Å².